The average molecular weight is 457 g/mol. The third-order valence-corrected chi connectivity index (χ3v) is 6.67. The zero-order valence-electron chi connectivity index (χ0n) is 18.9. The van der Waals surface area contributed by atoms with Gasteiger partial charge in [-0.05, 0) is 36.0 Å². The Morgan fingerprint density at radius 2 is 2.09 bits per heavy atom. The fourth-order valence-corrected chi connectivity index (χ4v) is 4.98. The highest BCUT2D eigenvalue weighted by Gasteiger charge is 2.34. The second kappa shape index (κ2) is 8.83. The highest BCUT2D eigenvalue weighted by molar-refractivity contribution is 5.84. The van der Waals surface area contributed by atoms with Crippen molar-refractivity contribution in [3.63, 3.8) is 0 Å². The Hall–Kier alpha value is -2.85. The number of nitrogens with zero attached hydrogens (tertiary/aromatic N) is 6. The third-order valence-electron chi connectivity index (χ3n) is 6.67. The van der Waals surface area contributed by atoms with Gasteiger partial charge in [0.15, 0.2) is 0 Å². The minimum Gasteiger partial charge on any atom is -0.387 e. The van der Waals surface area contributed by atoms with Crippen LogP contribution in [-0.4, -0.2) is 80.1 Å². The summed E-state index contributed by atoms with van der Waals surface area (Å²) >= 11 is 0. The number of likely N-dealkylation sites (tertiary alicyclic amines) is 2. The van der Waals surface area contributed by atoms with E-state index in [1.165, 1.54) is 10.7 Å². The maximum atomic E-state index is 14.6. The molecule has 0 unspecified atom stereocenters. The first-order valence-electron chi connectivity index (χ1n) is 11.5. The number of fused-ring (bicyclic) bond motifs is 1. The van der Waals surface area contributed by atoms with Gasteiger partial charge in [-0.1, -0.05) is 26.0 Å². The number of aromatic nitrogens is 4. The SMILES string of the molecule is CC(C)c1nn(-c2noc(C[C@@H]3CCN(CC4CN(C(=O)CO)C4)C3)n2)c2c(F)cccc12. The van der Waals surface area contributed by atoms with E-state index in [9.17, 15) is 9.18 Å². The van der Waals surface area contributed by atoms with E-state index in [1.807, 2.05) is 19.9 Å². The summed E-state index contributed by atoms with van der Waals surface area (Å²) in [6.45, 7) is 7.98. The highest BCUT2D eigenvalue weighted by atomic mass is 19.1. The number of carbonyl (C=O) groups is 1. The van der Waals surface area contributed by atoms with Crippen molar-refractivity contribution in [3.8, 4) is 5.95 Å². The lowest BCUT2D eigenvalue weighted by atomic mass is 9.99. The molecule has 10 heteroatoms. The molecule has 0 saturated carbocycles. The molecule has 3 aromatic rings. The summed E-state index contributed by atoms with van der Waals surface area (Å²) in [5.74, 6) is 1.24. The van der Waals surface area contributed by atoms with E-state index >= 15 is 0 Å². The van der Waals surface area contributed by atoms with Crippen LogP contribution in [0.2, 0.25) is 0 Å². The number of amides is 1. The number of aliphatic hydroxyl groups excluding tert-OH is 1. The quantitative estimate of drug-likeness (QED) is 0.580. The zero-order chi connectivity index (χ0) is 23.1. The molecule has 1 atom stereocenters. The predicted molar refractivity (Wildman–Crippen MR) is 118 cm³/mol. The first kappa shape index (κ1) is 22.0. The molecule has 2 fully saturated rings. The molecule has 0 bridgehead atoms. The van der Waals surface area contributed by atoms with E-state index in [0.29, 0.717) is 29.7 Å². The topological polar surface area (TPSA) is 101 Å². The Balaban J connectivity index is 1.23. The van der Waals surface area contributed by atoms with Crippen LogP contribution in [0.15, 0.2) is 22.7 Å². The van der Waals surface area contributed by atoms with Gasteiger partial charge in [0.1, 0.15) is 17.9 Å². The van der Waals surface area contributed by atoms with Crippen molar-refractivity contribution >= 4 is 16.8 Å². The van der Waals surface area contributed by atoms with E-state index in [1.54, 1.807) is 11.0 Å². The van der Waals surface area contributed by atoms with Crippen LogP contribution in [0.4, 0.5) is 4.39 Å². The van der Waals surface area contributed by atoms with Crippen LogP contribution in [0, 0.1) is 17.7 Å². The van der Waals surface area contributed by atoms with Gasteiger partial charge < -0.3 is 19.4 Å². The maximum absolute atomic E-state index is 14.6. The van der Waals surface area contributed by atoms with Gasteiger partial charge in [0.2, 0.25) is 11.8 Å². The van der Waals surface area contributed by atoms with Gasteiger partial charge >= 0.3 is 0 Å². The lowest BCUT2D eigenvalue weighted by Crippen LogP contribution is -2.54. The number of aliphatic hydroxyl groups is 1. The van der Waals surface area contributed by atoms with Crippen LogP contribution in [-0.2, 0) is 11.2 Å². The van der Waals surface area contributed by atoms with E-state index < -0.39 is 6.61 Å². The molecule has 33 heavy (non-hydrogen) atoms. The maximum Gasteiger partial charge on any atom is 0.291 e. The van der Waals surface area contributed by atoms with Crippen LogP contribution < -0.4 is 0 Å². The monoisotopic (exact) mass is 456 g/mol. The van der Waals surface area contributed by atoms with E-state index in [4.69, 9.17) is 9.63 Å². The predicted octanol–water partition coefficient (Wildman–Crippen LogP) is 1.99. The molecule has 1 amide bonds. The minimum atomic E-state index is -0.412. The van der Waals surface area contributed by atoms with Gasteiger partial charge in [-0.2, -0.15) is 14.8 Å². The zero-order valence-corrected chi connectivity index (χ0v) is 18.9. The molecule has 5 rings (SSSR count). The molecule has 9 nitrogen and oxygen atoms in total. The third kappa shape index (κ3) is 4.24. The van der Waals surface area contributed by atoms with Gasteiger partial charge in [-0.3, -0.25) is 4.79 Å². The molecule has 2 aliphatic rings. The van der Waals surface area contributed by atoms with Crippen LogP contribution >= 0.6 is 0 Å². The Morgan fingerprint density at radius 3 is 2.85 bits per heavy atom. The van der Waals surface area contributed by atoms with Gasteiger partial charge in [0.25, 0.3) is 5.95 Å². The largest absolute Gasteiger partial charge is 0.387 e. The van der Waals surface area contributed by atoms with Gasteiger partial charge in [0, 0.05) is 43.9 Å². The molecule has 2 aliphatic heterocycles. The van der Waals surface area contributed by atoms with Gasteiger partial charge in [0.05, 0.1) is 5.69 Å². The molecule has 176 valence electrons. The summed E-state index contributed by atoms with van der Waals surface area (Å²) in [7, 11) is 0. The first-order chi connectivity index (χ1) is 15.9. The van der Waals surface area contributed by atoms with Crippen LogP contribution in [0.5, 0.6) is 0 Å². The minimum absolute atomic E-state index is 0.135. The molecule has 2 aromatic heterocycles. The molecule has 1 N–H and O–H groups in total. The summed E-state index contributed by atoms with van der Waals surface area (Å²) in [6, 6.07) is 4.97. The fraction of sp³-hybridized carbons (Fsp3) is 0.565. The number of hydrogen-bond acceptors (Lipinski definition) is 7. The molecule has 0 aliphatic carbocycles. The Bertz CT molecular complexity index is 1150. The number of benzene rings is 1. The van der Waals surface area contributed by atoms with Crippen molar-refractivity contribution in [1.82, 2.24) is 29.7 Å². The van der Waals surface area contributed by atoms with Crippen LogP contribution in [0.25, 0.3) is 16.9 Å². The molecule has 0 spiro atoms. The lowest BCUT2D eigenvalue weighted by molar-refractivity contribution is -0.140. The highest BCUT2D eigenvalue weighted by Crippen LogP contribution is 2.29. The molecular formula is C23H29FN6O3. The first-order valence-corrected chi connectivity index (χ1v) is 11.5. The second-order valence-electron chi connectivity index (χ2n) is 9.52. The Morgan fingerprint density at radius 1 is 1.27 bits per heavy atom. The Labute approximate surface area is 191 Å². The van der Waals surface area contributed by atoms with Crippen molar-refractivity contribution in [2.75, 3.05) is 39.3 Å². The summed E-state index contributed by atoms with van der Waals surface area (Å²) in [6.07, 6.45) is 1.71. The van der Waals surface area contributed by atoms with Gasteiger partial charge in [-0.25, -0.2) is 4.39 Å². The second-order valence-corrected chi connectivity index (χ2v) is 9.52. The van der Waals surface area contributed by atoms with Crippen molar-refractivity contribution in [3.05, 3.63) is 35.6 Å². The van der Waals surface area contributed by atoms with Crippen molar-refractivity contribution < 1.29 is 18.8 Å². The average Bonchev–Trinajstić information content (AvgIpc) is 3.49. The number of hydrogen-bond donors (Lipinski definition) is 1. The number of para-hydroxylation sites is 1. The van der Waals surface area contributed by atoms with Crippen LogP contribution in [0.3, 0.4) is 0 Å². The summed E-state index contributed by atoms with van der Waals surface area (Å²) in [4.78, 5) is 20.1. The van der Waals surface area contributed by atoms with Crippen molar-refractivity contribution in [1.29, 1.82) is 0 Å². The fourth-order valence-electron chi connectivity index (χ4n) is 4.98. The number of carbonyl (C=O) groups excluding carboxylic acids is 1. The van der Waals surface area contributed by atoms with Crippen LogP contribution in [0.1, 0.15) is 37.8 Å². The van der Waals surface area contributed by atoms with Crippen molar-refractivity contribution in [2.45, 2.75) is 32.6 Å². The summed E-state index contributed by atoms with van der Waals surface area (Å²) < 4.78 is 21.6. The number of halogens is 1. The molecule has 1 aromatic carbocycles. The standard InChI is InChI=1S/C23H29FN6O3/c1-14(2)21-17-4-3-5-18(24)22(17)30(26-21)23-25-19(33-27-23)8-15-6-7-28(9-15)10-16-11-29(12-16)20(32)13-31/h3-5,14-16,31H,6-13H2,1-2H3/t15-/m0/s1. The van der Waals surface area contributed by atoms with Crippen molar-refractivity contribution in [2.24, 2.45) is 11.8 Å². The summed E-state index contributed by atoms with van der Waals surface area (Å²) in [5.41, 5.74) is 1.17. The molecule has 4 heterocycles. The van der Waals surface area contributed by atoms with E-state index in [2.05, 4.69) is 20.1 Å². The van der Waals surface area contributed by atoms with E-state index in [-0.39, 0.29) is 23.6 Å². The van der Waals surface area contributed by atoms with E-state index in [0.717, 1.165) is 50.2 Å². The smallest absolute Gasteiger partial charge is 0.291 e. The molecule has 2 saturated heterocycles. The normalized spacial score (nSPS) is 19.7. The lowest BCUT2D eigenvalue weighted by Gasteiger charge is -2.40. The summed E-state index contributed by atoms with van der Waals surface area (Å²) in [5, 5.41) is 18.4. The number of rotatable bonds is 7. The van der Waals surface area contributed by atoms with Gasteiger partial charge in [-0.15, -0.1) is 0 Å². The Kier molecular flexibility index (Phi) is 5.88. The molecular weight excluding hydrogens is 427 g/mol. The molecule has 0 radical (unpaired) electrons.